The van der Waals surface area contributed by atoms with E-state index in [0.717, 1.165) is 26.1 Å². The molecule has 20 heavy (non-hydrogen) atoms. The van der Waals surface area contributed by atoms with Gasteiger partial charge in [0.25, 0.3) is 0 Å². The Morgan fingerprint density at radius 3 is 2.45 bits per heavy atom. The van der Waals surface area contributed by atoms with Crippen molar-refractivity contribution < 1.29 is 4.74 Å². The van der Waals surface area contributed by atoms with E-state index >= 15 is 0 Å². The summed E-state index contributed by atoms with van der Waals surface area (Å²) >= 11 is 0. The van der Waals surface area contributed by atoms with E-state index in [1.165, 1.54) is 29.5 Å². The molecular formula is C18H31NO. The van der Waals surface area contributed by atoms with Crippen molar-refractivity contribution in [2.45, 2.75) is 47.0 Å². The van der Waals surface area contributed by atoms with Gasteiger partial charge in [-0.2, -0.15) is 0 Å². The highest BCUT2D eigenvalue weighted by Gasteiger charge is 2.26. The topological polar surface area (TPSA) is 21.3 Å². The minimum absolute atomic E-state index is 0.353. The van der Waals surface area contributed by atoms with E-state index in [4.69, 9.17) is 4.74 Å². The molecule has 0 atom stereocenters. The van der Waals surface area contributed by atoms with E-state index in [2.05, 4.69) is 51.2 Å². The van der Waals surface area contributed by atoms with Gasteiger partial charge in [0.15, 0.2) is 0 Å². The molecule has 2 nitrogen and oxygen atoms in total. The summed E-state index contributed by atoms with van der Waals surface area (Å²) in [6, 6.07) is 6.80. The third kappa shape index (κ3) is 4.92. The Hall–Kier alpha value is -0.860. The maximum Gasteiger partial charge on any atom is 0.0587 e. The first-order valence-electron chi connectivity index (χ1n) is 7.82. The number of benzene rings is 1. The average Bonchev–Trinajstić information content (AvgIpc) is 2.46. The Labute approximate surface area is 124 Å². The number of aryl methyl sites for hydroxylation is 2. The number of ether oxygens (including phenoxy) is 1. The van der Waals surface area contributed by atoms with Crippen molar-refractivity contribution in [3.8, 4) is 0 Å². The van der Waals surface area contributed by atoms with Crippen LogP contribution in [0.5, 0.6) is 0 Å². The van der Waals surface area contributed by atoms with E-state index < -0.39 is 0 Å². The highest BCUT2D eigenvalue weighted by atomic mass is 16.5. The molecule has 0 aromatic heterocycles. The third-order valence-corrected chi connectivity index (χ3v) is 4.55. The van der Waals surface area contributed by atoms with Crippen molar-refractivity contribution in [1.29, 1.82) is 0 Å². The molecule has 0 radical (unpaired) electrons. The standard InChI is InChI=1S/C18H31NO/c1-6-18(7-2,14-19-10-11-20-5)13-17-12-15(3)8-9-16(17)4/h8-9,12,19H,6-7,10-11,13-14H2,1-5H3. The molecule has 0 aliphatic rings. The molecule has 114 valence electrons. The Kier molecular flexibility index (Phi) is 7.25. The maximum atomic E-state index is 5.11. The van der Waals surface area contributed by atoms with Crippen molar-refractivity contribution in [1.82, 2.24) is 5.32 Å². The van der Waals surface area contributed by atoms with Crippen molar-refractivity contribution in [3.05, 3.63) is 34.9 Å². The summed E-state index contributed by atoms with van der Waals surface area (Å²) in [7, 11) is 1.75. The smallest absolute Gasteiger partial charge is 0.0587 e. The third-order valence-electron chi connectivity index (χ3n) is 4.55. The van der Waals surface area contributed by atoms with Gasteiger partial charge in [0.2, 0.25) is 0 Å². The fraction of sp³-hybridized carbons (Fsp3) is 0.667. The number of hydrogen-bond acceptors (Lipinski definition) is 2. The average molecular weight is 277 g/mol. The van der Waals surface area contributed by atoms with E-state index in [-0.39, 0.29) is 0 Å². The highest BCUT2D eigenvalue weighted by Crippen LogP contribution is 2.31. The first-order valence-corrected chi connectivity index (χ1v) is 7.82. The molecule has 0 saturated carbocycles. The van der Waals surface area contributed by atoms with Gasteiger partial charge < -0.3 is 10.1 Å². The van der Waals surface area contributed by atoms with Crippen molar-refractivity contribution >= 4 is 0 Å². The summed E-state index contributed by atoms with van der Waals surface area (Å²) in [5.74, 6) is 0. The zero-order valence-electron chi connectivity index (χ0n) is 13.9. The summed E-state index contributed by atoms with van der Waals surface area (Å²) in [5, 5.41) is 3.56. The largest absolute Gasteiger partial charge is 0.383 e. The lowest BCUT2D eigenvalue weighted by Crippen LogP contribution is -2.37. The van der Waals surface area contributed by atoms with Gasteiger partial charge in [0, 0.05) is 20.2 Å². The molecule has 0 saturated heterocycles. The number of hydrogen-bond donors (Lipinski definition) is 1. The maximum absolute atomic E-state index is 5.11. The van der Waals surface area contributed by atoms with Gasteiger partial charge in [-0.05, 0) is 49.7 Å². The van der Waals surface area contributed by atoms with Gasteiger partial charge in [-0.3, -0.25) is 0 Å². The first kappa shape index (κ1) is 17.2. The number of rotatable bonds is 9. The summed E-state index contributed by atoms with van der Waals surface area (Å²) in [6.45, 7) is 11.8. The number of nitrogens with one attached hydrogen (secondary N) is 1. The molecule has 0 heterocycles. The van der Waals surface area contributed by atoms with Crippen LogP contribution < -0.4 is 5.32 Å². The second-order valence-corrected chi connectivity index (χ2v) is 5.98. The molecule has 0 spiro atoms. The summed E-state index contributed by atoms with van der Waals surface area (Å²) in [4.78, 5) is 0. The molecule has 0 bridgehead atoms. The minimum Gasteiger partial charge on any atom is -0.383 e. The van der Waals surface area contributed by atoms with Crippen LogP contribution in [0.1, 0.15) is 43.4 Å². The van der Waals surface area contributed by atoms with Gasteiger partial charge in [0.1, 0.15) is 0 Å². The van der Waals surface area contributed by atoms with Crippen LogP contribution in [-0.4, -0.2) is 26.8 Å². The Morgan fingerprint density at radius 2 is 1.85 bits per heavy atom. The molecule has 1 rings (SSSR count). The molecule has 0 amide bonds. The fourth-order valence-corrected chi connectivity index (χ4v) is 2.73. The second-order valence-electron chi connectivity index (χ2n) is 5.98. The van der Waals surface area contributed by atoms with Crippen LogP contribution in [0.3, 0.4) is 0 Å². The fourth-order valence-electron chi connectivity index (χ4n) is 2.73. The molecule has 0 fully saturated rings. The Bertz CT molecular complexity index is 396. The van der Waals surface area contributed by atoms with Crippen LogP contribution in [0, 0.1) is 19.3 Å². The summed E-state index contributed by atoms with van der Waals surface area (Å²) < 4.78 is 5.11. The Morgan fingerprint density at radius 1 is 1.15 bits per heavy atom. The van der Waals surface area contributed by atoms with Gasteiger partial charge >= 0.3 is 0 Å². The van der Waals surface area contributed by atoms with Crippen LogP contribution in [0.15, 0.2) is 18.2 Å². The molecular weight excluding hydrogens is 246 g/mol. The van der Waals surface area contributed by atoms with Gasteiger partial charge in [-0.15, -0.1) is 0 Å². The quantitative estimate of drug-likeness (QED) is 0.691. The molecule has 0 aliphatic heterocycles. The molecule has 2 heteroatoms. The lowest BCUT2D eigenvalue weighted by molar-refractivity contribution is 0.185. The predicted molar refractivity (Wildman–Crippen MR) is 87.4 cm³/mol. The van der Waals surface area contributed by atoms with Gasteiger partial charge in [-0.25, -0.2) is 0 Å². The van der Waals surface area contributed by atoms with E-state index in [1.54, 1.807) is 7.11 Å². The van der Waals surface area contributed by atoms with Gasteiger partial charge in [0.05, 0.1) is 6.61 Å². The van der Waals surface area contributed by atoms with Crippen molar-refractivity contribution in [2.24, 2.45) is 5.41 Å². The molecule has 0 aliphatic carbocycles. The predicted octanol–water partition coefficient (Wildman–Crippen LogP) is 3.89. The summed E-state index contributed by atoms with van der Waals surface area (Å²) in [5.41, 5.74) is 4.63. The SMILES string of the molecule is CCC(CC)(CNCCOC)Cc1cc(C)ccc1C. The van der Waals surface area contributed by atoms with E-state index in [9.17, 15) is 0 Å². The van der Waals surface area contributed by atoms with Crippen LogP contribution in [-0.2, 0) is 11.2 Å². The zero-order valence-corrected chi connectivity index (χ0v) is 13.9. The zero-order chi connectivity index (χ0) is 15.0. The Balaban J connectivity index is 2.76. The molecule has 1 N–H and O–H groups in total. The van der Waals surface area contributed by atoms with Crippen molar-refractivity contribution in [3.63, 3.8) is 0 Å². The number of methoxy groups -OCH3 is 1. The lowest BCUT2D eigenvalue weighted by Gasteiger charge is -2.33. The molecule has 1 aromatic rings. The van der Waals surface area contributed by atoms with Gasteiger partial charge in [-0.1, -0.05) is 37.6 Å². The lowest BCUT2D eigenvalue weighted by atomic mass is 9.76. The molecule has 0 unspecified atom stereocenters. The first-order chi connectivity index (χ1) is 9.56. The normalized spacial score (nSPS) is 11.8. The van der Waals surface area contributed by atoms with Crippen molar-refractivity contribution in [2.75, 3.05) is 26.8 Å². The van der Waals surface area contributed by atoms with Crippen LogP contribution in [0.4, 0.5) is 0 Å². The summed E-state index contributed by atoms with van der Waals surface area (Å²) in [6.07, 6.45) is 3.57. The van der Waals surface area contributed by atoms with Crippen LogP contribution in [0.25, 0.3) is 0 Å². The van der Waals surface area contributed by atoms with Crippen LogP contribution >= 0.6 is 0 Å². The van der Waals surface area contributed by atoms with E-state index in [1.807, 2.05) is 0 Å². The van der Waals surface area contributed by atoms with Crippen LogP contribution in [0.2, 0.25) is 0 Å². The minimum atomic E-state index is 0.353. The van der Waals surface area contributed by atoms with E-state index in [0.29, 0.717) is 5.41 Å². The second kappa shape index (κ2) is 8.43. The highest BCUT2D eigenvalue weighted by molar-refractivity contribution is 5.31. The monoisotopic (exact) mass is 277 g/mol. The molecule has 1 aromatic carbocycles.